The number of pyridine rings is 1. The number of hydrogen-bond donors (Lipinski definition) is 2. The molecule has 0 spiro atoms. The first-order valence-electron chi connectivity index (χ1n) is 7.35. The van der Waals surface area contributed by atoms with Gasteiger partial charge in [0, 0.05) is 18.0 Å². The molecule has 2 N–H and O–H groups in total. The number of halogens is 3. The van der Waals surface area contributed by atoms with Gasteiger partial charge < -0.3 is 10.6 Å². The van der Waals surface area contributed by atoms with E-state index in [-0.39, 0.29) is 16.8 Å². The Morgan fingerprint density at radius 2 is 2.22 bits per heavy atom. The smallest absolute Gasteiger partial charge is 0.347 e. The van der Waals surface area contributed by atoms with E-state index in [4.69, 9.17) is 0 Å². The number of carbonyl (C=O) groups excluding carboxylic acids is 1. The maximum atomic E-state index is 12.7. The van der Waals surface area contributed by atoms with Crippen molar-refractivity contribution in [2.45, 2.75) is 32.0 Å². The summed E-state index contributed by atoms with van der Waals surface area (Å²) in [7, 11) is 0. The summed E-state index contributed by atoms with van der Waals surface area (Å²) in [4.78, 5) is 16.7. The summed E-state index contributed by atoms with van der Waals surface area (Å²) in [6, 6.07) is 2.39. The molecule has 4 nitrogen and oxygen atoms in total. The van der Waals surface area contributed by atoms with Gasteiger partial charge in [-0.2, -0.15) is 13.2 Å². The maximum absolute atomic E-state index is 12.7. The number of thiophene rings is 1. The number of aromatic nitrogens is 1. The van der Waals surface area contributed by atoms with E-state index in [2.05, 4.69) is 15.6 Å². The molecule has 0 saturated carbocycles. The van der Waals surface area contributed by atoms with E-state index < -0.39 is 11.9 Å². The molecule has 2 aromatic heterocycles. The molecule has 1 aliphatic heterocycles. The van der Waals surface area contributed by atoms with Crippen molar-refractivity contribution in [2.75, 3.05) is 13.1 Å². The van der Waals surface area contributed by atoms with E-state index in [0.717, 1.165) is 36.8 Å². The number of nitrogens with one attached hydrogen (secondary N) is 2. The van der Waals surface area contributed by atoms with Gasteiger partial charge >= 0.3 is 6.18 Å². The van der Waals surface area contributed by atoms with Crippen molar-refractivity contribution in [3.05, 3.63) is 28.3 Å². The van der Waals surface area contributed by atoms with Gasteiger partial charge in [-0.15, -0.1) is 11.3 Å². The van der Waals surface area contributed by atoms with Gasteiger partial charge in [0.2, 0.25) is 0 Å². The molecule has 1 amide bonds. The van der Waals surface area contributed by atoms with E-state index in [0.29, 0.717) is 22.4 Å². The lowest BCUT2D eigenvalue weighted by atomic mass is 10.1. The number of aryl methyl sites for hydroxylation is 1. The zero-order valence-electron chi connectivity index (χ0n) is 12.5. The molecule has 2 aromatic rings. The third-order valence-electron chi connectivity index (χ3n) is 3.93. The Morgan fingerprint density at radius 3 is 2.87 bits per heavy atom. The third kappa shape index (κ3) is 3.32. The largest absolute Gasteiger partial charge is 0.433 e. The van der Waals surface area contributed by atoms with Crippen molar-refractivity contribution in [1.29, 1.82) is 0 Å². The summed E-state index contributed by atoms with van der Waals surface area (Å²) < 4.78 is 38.2. The lowest BCUT2D eigenvalue weighted by molar-refractivity contribution is -0.140. The Hall–Kier alpha value is -1.67. The van der Waals surface area contributed by atoms with Gasteiger partial charge in [-0.05, 0) is 44.0 Å². The number of rotatable bonds is 2. The van der Waals surface area contributed by atoms with Crippen molar-refractivity contribution in [3.63, 3.8) is 0 Å². The molecule has 1 unspecified atom stereocenters. The van der Waals surface area contributed by atoms with Crippen molar-refractivity contribution < 1.29 is 18.0 Å². The van der Waals surface area contributed by atoms with Gasteiger partial charge in [0.15, 0.2) is 0 Å². The lowest BCUT2D eigenvalue weighted by Gasteiger charge is -2.23. The Balaban J connectivity index is 1.88. The number of carbonyl (C=O) groups is 1. The quantitative estimate of drug-likeness (QED) is 0.881. The molecule has 23 heavy (non-hydrogen) atoms. The third-order valence-corrected chi connectivity index (χ3v) is 5.13. The molecular formula is C15H16F3N3OS. The first-order chi connectivity index (χ1) is 10.9. The molecule has 1 aliphatic rings. The average molecular weight is 343 g/mol. The highest BCUT2D eigenvalue weighted by atomic mass is 32.1. The number of nitrogens with zero attached hydrogens (tertiary/aromatic N) is 1. The van der Waals surface area contributed by atoms with Crippen molar-refractivity contribution >= 4 is 27.5 Å². The van der Waals surface area contributed by atoms with Gasteiger partial charge in [-0.25, -0.2) is 4.98 Å². The summed E-state index contributed by atoms with van der Waals surface area (Å²) in [5, 5.41) is 6.74. The van der Waals surface area contributed by atoms with E-state index in [1.807, 2.05) is 0 Å². The SMILES string of the molecule is Cc1c(C(=O)NC2CCCNC2)sc2nc(C(F)(F)F)ccc12. The highest BCUT2D eigenvalue weighted by molar-refractivity contribution is 7.20. The first kappa shape index (κ1) is 16.2. The minimum atomic E-state index is -4.48. The highest BCUT2D eigenvalue weighted by Crippen LogP contribution is 2.34. The van der Waals surface area contributed by atoms with Crippen LogP contribution in [0, 0.1) is 6.92 Å². The Labute approximate surface area is 135 Å². The molecule has 0 aromatic carbocycles. The molecule has 1 fully saturated rings. The number of fused-ring (bicyclic) bond motifs is 1. The van der Waals surface area contributed by atoms with Crippen LogP contribution < -0.4 is 10.6 Å². The zero-order valence-corrected chi connectivity index (χ0v) is 13.3. The second-order valence-electron chi connectivity index (χ2n) is 5.62. The number of alkyl halides is 3. The Bertz CT molecular complexity index is 735. The van der Waals surface area contributed by atoms with Crippen LogP contribution in [-0.4, -0.2) is 30.0 Å². The fraction of sp³-hybridized carbons (Fsp3) is 0.467. The number of piperidine rings is 1. The Kier molecular flexibility index (Phi) is 4.29. The fourth-order valence-corrected chi connectivity index (χ4v) is 3.78. The highest BCUT2D eigenvalue weighted by Gasteiger charge is 2.33. The molecule has 1 saturated heterocycles. The van der Waals surface area contributed by atoms with Crippen LogP contribution >= 0.6 is 11.3 Å². The topological polar surface area (TPSA) is 54.0 Å². The van der Waals surface area contributed by atoms with Crippen molar-refractivity contribution in [2.24, 2.45) is 0 Å². The van der Waals surface area contributed by atoms with Crippen LogP contribution in [-0.2, 0) is 6.18 Å². The summed E-state index contributed by atoms with van der Waals surface area (Å²) in [5.41, 5.74) is -0.262. The summed E-state index contributed by atoms with van der Waals surface area (Å²) >= 11 is 1.01. The average Bonchev–Trinajstić information content (AvgIpc) is 2.84. The predicted molar refractivity (Wildman–Crippen MR) is 82.7 cm³/mol. The molecule has 1 atom stereocenters. The zero-order chi connectivity index (χ0) is 16.6. The van der Waals surface area contributed by atoms with E-state index in [1.54, 1.807) is 6.92 Å². The van der Waals surface area contributed by atoms with Gasteiger partial charge in [-0.3, -0.25) is 4.79 Å². The number of hydrogen-bond acceptors (Lipinski definition) is 4. The standard InChI is InChI=1S/C15H16F3N3OS/c1-8-10-4-5-11(15(16,17)18)21-14(10)23-12(8)13(22)20-9-3-2-6-19-7-9/h4-5,9,19H,2-3,6-7H2,1H3,(H,20,22). The molecule has 0 aliphatic carbocycles. The van der Waals surface area contributed by atoms with E-state index in [1.165, 1.54) is 6.07 Å². The maximum Gasteiger partial charge on any atom is 0.433 e. The molecule has 8 heteroatoms. The molecule has 124 valence electrons. The normalized spacial score (nSPS) is 19.0. The molecular weight excluding hydrogens is 327 g/mol. The minimum Gasteiger partial charge on any atom is -0.347 e. The summed E-state index contributed by atoms with van der Waals surface area (Å²) in [6.45, 7) is 3.40. The molecule has 3 rings (SSSR count). The molecule has 0 bridgehead atoms. The van der Waals surface area contributed by atoms with Crippen LogP contribution in [0.2, 0.25) is 0 Å². The fourth-order valence-electron chi connectivity index (χ4n) is 2.70. The van der Waals surface area contributed by atoms with Crippen LogP contribution in [0.15, 0.2) is 12.1 Å². The van der Waals surface area contributed by atoms with Crippen molar-refractivity contribution in [1.82, 2.24) is 15.6 Å². The van der Waals surface area contributed by atoms with E-state index >= 15 is 0 Å². The first-order valence-corrected chi connectivity index (χ1v) is 8.17. The van der Waals surface area contributed by atoms with Crippen LogP contribution in [0.3, 0.4) is 0 Å². The van der Waals surface area contributed by atoms with Gasteiger partial charge in [-0.1, -0.05) is 0 Å². The van der Waals surface area contributed by atoms with Crippen LogP contribution in [0.25, 0.3) is 10.2 Å². The second kappa shape index (κ2) is 6.09. The van der Waals surface area contributed by atoms with E-state index in [9.17, 15) is 18.0 Å². The molecule has 0 radical (unpaired) electrons. The van der Waals surface area contributed by atoms with Crippen LogP contribution in [0.5, 0.6) is 0 Å². The van der Waals surface area contributed by atoms with Crippen molar-refractivity contribution in [3.8, 4) is 0 Å². The summed E-state index contributed by atoms with van der Waals surface area (Å²) in [6.07, 6.45) is -2.59. The minimum absolute atomic E-state index is 0.0551. The predicted octanol–water partition coefficient (Wildman–Crippen LogP) is 3.11. The van der Waals surface area contributed by atoms with Gasteiger partial charge in [0.25, 0.3) is 5.91 Å². The monoisotopic (exact) mass is 343 g/mol. The van der Waals surface area contributed by atoms with Crippen LogP contribution in [0.4, 0.5) is 13.2 Å². The summed E-state index contributed by atoms with van der Waals surface area (Å²) in [5.74, 6) is -0.243. The Morgan fingerprint density at radius 1 is 1.43 bits per heavy atom. The number of amides is 1. The second-order valence-corrected chi connectivity index (χ2v) is 6.62. The molecule has 3 heterocycles. The lowest BCUT2D eigenvalue weighted by Crippen LogP contribution is -2.45. The van der Waals surface area contributed by atoms with Gasteiger partial charge in [0.1, 0.15) is 10.5 Å². The van der Waals surface area contributed by atoms with Crippen LogP contribution in [0.1, 0.15) is 33.8 Å². The van der Waals surface area contributed by atoms with Gasteiger partial charge in [0.05, 0.1) is 4.88 Å².